The van der Waals surface area contributed by atoms with E-state index >= 15 is 0 Å². The summed E-state index contributed by atoms with van der Waals surface area (Å²) in [5.41, 5.74) is 1.80. The van der Waals surface area contributed by atoms with Gasteiger partial charge in [0.15, 0.2) is 0 Å². The van der Waals surface area contributed by atoms with Gasteiger partial charge in [-0.05, 0) is 57.0 Å². The van der Waals surface area contributed by atoms with E-state index in [9.17, 15) is 4.79 Å². The van der Waals surface area contributed by atoms with Crippen molar-refractivity contribution in [3.63, 3.8) is 0 Å². The first-order chi connectivity index (χ1) is 13.1. The van der Waals surface area contributed by atoms with Crippen molar-refractivity contribution in [2.75, 3.05) is 40.0 Å². The highest BCUT2D eigenvalue weighted by molar-refractivity contribution is 5.77. The molecule has 1 aliphatic rings. The van der Waals surface area contributed by atoms with Crippen molar-refractivity contribution in [1.82, 2.24) is 4.90 Å². The normalized spacial score (nSPS) is 16.4. The second-order valence-electron chi connectivity index (χ2n) is 6.99. The summed E-state index contributed by atoms with van der Waals surface area (Å²) >= 11 is 0. The lowest BCUT2D eigenvalue weighted by molar-refractivity contribution is -0.160. The number of rotatable bonds is 8. The molecule has 0 aliphatic carbocycles. The Bertz CT molecular complexity index is 637. The number of piperidine rings is 1. The first-order valence-electron chi connectivity index (χ1n) is 9.70. The van der Waals surface area contributed by atoms with Gasteiger partial charge < -0.3 is 14.6 Å². The molecule has 1 saturated heterocycles. The monoisotopic (exact) mass is 373 g/mol. The minimum absolute atomic E-state index is 0.0764. The van der Waals surface area contributed by atoms with Crippen molar-refractivity contribution in [3.8, 4) is 11.8 Å². The zero-order valence-electron chi connectivity index (χ0n) is 16.5. The highest BCUT2D eigenvalue weighted by Gasteiger charge is 2.42. The number of likely N-dealkylation sites (tertiary alicyclic amines) is 1. The lowest BCUT2D eigenvalue weighted by Gasteiger charge is -2.40. The van der Waals surface area contributed by atoms with Crippen LogP contribution in [0.15, 0.2) is 24.3 Å². The fourth-order valence-corrected chi connectivity index (χ4v) is 3.45. The van der Waals surface area contributed by atoms with Crippen molar-refractivity contribution in [2.45, 2.75) is 39.2 Å². The molecule has 1 aromatic carbocycles. The Morgan fingerprint density at radius 3 is 2.56 bits per heavy atom. The lowest BCUT2D eigenvalue weighted by atomic mass is 9.75. The van der Waals surface area contributed by atoms with E-state index in [-0.39, 0.29) is 12.6 Å². The van der Waals surface area contributed by atoms with Crippen LogP contribution in [0.1, 0.15) is 43.7 Å². The van der Waals surface area contributed by atoms with Crippen LogP contribution in [0.5, 0.6) is 0 Å². The zero-order valence-corrected chi connectivity index (χ0v) is 16.5. The molecule has 0 spiro atoms. The first-order valence-corrected chi connectivity index (χ1v) is 9.70. The number of hydrogen-bond donors (Lipinski definition) is 1. The van der Waals surface area contributed by atoms with Crippen molar-refractivity contribution in [3.05, 3.63) is 35.4 Å². The SMILES string of the molecule is CCOC(=O)C1(CCOC)CCN(Cc2ccc(C#CCCO)cc2)CC1. The third-order valence-electron chi connectivity index (χ3n) is 5.14. The highest BCUT2D eigenvalue weighted by atomic mass is 16.5. The van der Waals surface area contributed by atoms with Gasteiger partial charge >= 0.3 is 5.97 Å². The Labute approximate surface area is 162 Å². The number of esters is 1. The number of ether oxygens (including phenoxy) is 2. The minimum atomic E-state index is -0.408. The van der Waals surface area contributed by atoms with E-state index < -0.39 is 5.41 Å². The molecule has 0 atom stereocenters. The number of carbonyl (C=O) groups is 1. The van der Waals surface area contributed by atoms with Crippen molar-refractivity contribution in [1.29, 1.82) is 0 Å². The third-order valence-corrected chi connectivity index (χ3v) is 5.14. The molecule has 27 heavy (non-hydrogen) atoms. The van der Waals surface area contributed by atoms with Gasteiger partial charge in [0, 0.05) is 32.2 Å². The van der Waals surface area contributed by atoms with E-state index in [4.69, 9.17) is 14.6 Å². The molecule has 1 aliphatic heterocycles. The summed E-state index contributed by atoms with van der Waals surface area (Å²) in [6.07, 6.45) is 2.83. The van der Waals surface area contributed by atoms with Crippen LogP contribution >= 0.6 is 0 Å². The van der Waals surface area contributed by atoms with E-state index in [1.54, 1.807) is 7.11 Å². The summed E-state index contributed by atoms with van der Waals surface area (Å²) in [5.74, 6) is 5.90. The average molecular weight is 373 g/mol. The smallest absolute Gasteiger partial charge is 0.312 e. The molecule has 148 valence electrons. The fraction of sp³-hybridized carbons (Fsp3) is 0.591. The Morgan fingerprint density at radius 2 is 1.96 bits per heavy atom. The van der Waals surface area contributed by atoms with Crippen LogP contribution in [-0.2, 0) is 20.8 Å². The van der Waals surface area contributed by atoms with Gasteiger partial charge in [-0.25, -0.2) is 0 Å². The van der Waals surface area contributed by atoms with Gasteiger partial charge in [0.1, 0.15) is 0 Å². The third kappa shape index (κ3) is 6.35. The van der Waals surface area contributed by atoms with Crippen LogP contribution in [0, 0.1) is 17.3 Å². The number of hydrogen-bond acceptors (Lipinski definition) is 5. The zero-order chi connectivity index (χ0) is 19.5. The summed E-state index contributed by atoms with van der Waals surface area (Å²) in [5, 5.41) is 8.78. The van der Waals surface area contributed by atoms with Gasteiger partial charge in [0.25, 0.3) is 0 Å². The molecule has 1 aromatic rings. The molecule has 1 N–H and O–H groups in total. The van der Waals surface area contributed by atoms with Crippen LogP contribution in [0.2, 0.25) is 0 Å². The van der Waals surface area contributed by atoms with Crippen LogP contribution in [-0.4, -0.2) is 56.0 Å². The number of carbonyl (C=O) groups excluding carboxylic acids is 1. The topological polar surface area (TPSA) is 59.0 Å². The van der Waals surface area contributed by atoms with E-state index in [0.29, 0.717) is 19.6 Å². The standard InChI is InChI=1S/C22H31NO4/c1-3-27-21(25)22(13-17-26-2)11-14-23(15-12-22)18-20-9-7-19(8-10-20)6-4-5-16-24/h7-10,24H,3,5,11-18H2,1-2H3. The van der Waals surface area contributed by atoms with Gasteiger partial charge in [0.2, 0.25) is 0 Å². The molecule has 0 bridgehead atoms. The number of aliphatic hydroxyl groups excluding tert-OH is 1. The van der Waals surface area contributed by atoms with Gasteiger partial charge in [-0.2, -0.15) is 0 Å². The van der Waals surface area contributed by atoms with E-state index in [0.717, 1.165) is 44.5 Å². The van der Waals surface area contributed by atoms with Crippen LogP contribution < -0.4 is 0 Å². The van der Waals surface area contributed by atoms with Gasteiger partial charge in [-0.1, -0.05) is 24.0 Å². The second-order valence-corrected chi connectivity index (χ2v) is 6.99. The predicted molar refractivity (Wildman–Crippen MR) is 105 cm³/mol. The molecule has 0 saturated carbocycles. The number of methoxy groups -OCH3 is 1. The molecule has 0 aromatic heterocycles. The highest BCUT2D eigenvalue weighted by Crippen LogP contribution is 2.37. The van der Waals surface area contributed by atoms with Crippen molar-refractivity contribution >= 4 is 5.97 Å². The Kier molecular flexibility index (Phi) is 8.80. The maximum absolute atomic E-state index is 12.5. The molecule has 0 unspecified atom stereocenters. The van der Waals surface area contributed by atoms with E-state index in [1.807, 2.05) is 19.1 Å². The lowest BCUT2D eigenvalue weighted by Crippen LogP contribution is -2.45. The molecule has 0 radical (unpaired) electrons. The Morgan fingerprint density at radius 1 is 1.26 bits per heavy atom. The molecular weight excluding hydrogens is 342 g/mol. The second kappa shape index (κ2) is 11.1. The van der Waals surface area contributed by atoms with Crippen molar-refractivity contribution in [2.24, 2.45) is 5.41 Å². The average Bonchev–Trinajstić information content (AvgIpc) is 2.69. The number of nitrogens with zero attached hydrogens (tertiary/aromatic N) is 1. The molecule has 5 heteroatoms. The Balaban J connectivity index is 1.92. The number of benzene rings is 1. The maximum atomic E-state index is 12.5. The summed E-state index contributed by atoms with van der Waals surface area (Å²) in [6.45, 7) is 5.57. The fourth-order valence-electron chi connectivity index (χ4n) is 3.45. The first kappa shape index (κ1) is 21.4. The summed E-state index contributed by atoms with van der Waals surface area (Å²) in [7, 11) is 1.67. The largest absolute Gasteiger partial charge is 0.466 e. The predicted octanol–water partition coefficient (Wildman–Crippen LogP) is 2.60. The van der Waals surface area contributed by atoms with Crippen LogP contribution in [0.4, 0.5) is 0 Å². The van der Waals surface area contributed by atoms with Crippen LogP contribution in [0.3, 0.4) is 0 Å². The van der Waals surface area contributed by atoms with E-state index in [1.165, 1.54) is 5.56 Å². The minimum Gasteiger partial charge on any atom is -0.466 e. The number of aliphatic hydroxyl groups is 1. The summed E-state index contributed by atoms with van der Waals surface area (Å²) < 4.78 is 10.6. The maximum Gasteiger partial charge on any atom is 0.312 e. The van der Waals surface area contributed by atoms with Gasteiger partial charge in [-0.15, -0.1) is 0 Å². The van der Waals surface area contributed by atoms with Crippen LogP contribution in [0.25, 0.3) is 0 Å². The molecule has 1 fully saturated rings. The molecule has 0 amide bonds. The summed E-state index contributed by atoms with van der Waals surface area (Å²) in [6, 6.07) is 8.23. The van der Waals surface area contributed by atoms with Gasteiger partial charge in [0.05, 0.1) is 18.6 Å². The summed E-state index contributed by atoms with van der Waals surface area (Å²) in [4.78, 5) is 14.9. The van der Waals surface area contributed by atoms with Gasteiger partial charge in [-0.3, -0.25) is 9.69 Å². The Hall–Kier alpha value is -1.87. The van der Waals surface area contributed by atoms with Crippen molar-refractivity contribution < 1.29 is 19.4 Å². The quantitative estimate of drug-likeness (QED) is 0.561. The molecule has 5 nitrogen and oxygen atoms in total. The van der Waals surface area contributed by atoms with E-state index in [2.05, 4.69) is 28.9 Å². The molecule has 2 rings (SSSR count). The molecule has 1 heterocycles. The molecular formula is C22H31NO4.